The van der Waals surface area contributed by atoms with Crippen LogP contribution in [0.3, 0.4) is 0 Å². The highest BCUT2D eigenvalue weighted by atomic mass is 35.5. The van der Waals surface area contributed by atoms with Crippen molar-refractivity contribution in [2.75, 3.05) is 5.73 Å². The van der Waals surface area contributed by atoms with Crippen LogP contribution in [0, 0.1) is 12.3 Å². The molecule has 0 radical (unpaired) electrons. The van der Waals surface area contributed by atoms with Gasteiger partial charge in [-0.2, -0.15) is 0 Å². The summed E-state index contributed by atoms with van der Waals surface area (Å²) in [5, 5.41) is -0.0670. The summed E-state index contributed by atoms with van der Waals surface area (Å²) < 4.78 is 26.5. The van der Waals surface area contributed by atoms with Crippen LogP contribution < -0.4 is 5.73 Å². The highest BCUT2D eigenvalue weighted by molar-refractivity contribution is 7.90. The third kappa shape index (κ3) is 3.44. The first-order chi connectivity index (χ1) is 12.8. The van der Waals surface area contributed by atoms with Crippen LogP contribution in [0.25, 0.3) is 16.6 Å². The highest BCUT2D eigenvalue weighted by Gasteiger charge is 2.24. The first-order valence-corrected chi connectivity index (χ1v) is 10.1. The predicted octanol–water partition coefficient (Wildman–Crippen LogP) is 3.92. The maximum absolute atomic E-state index is 12.7. The van der Waals surface area contributed by atoms with Crippen LogP contribution in [0.15, 0.2) is 48.5 Å². The topological polar surface area (TPSA) is 78.0 Å². The smallest absolute Gasteiger partial charge is 0.244 e. The van der Waals surface area contributed by atoms with Crippen molar-refractivity contribution in [2.24, 2.45) is 0 Å². The van der Waals surface area contributed by atoms with Crippen LogP contribution in [-0.4, -0.2) is 22.6 Å². The lowest BCUT2D eigenvalue weighted by Gasteiger charge is -2.12. The Balaban J connectivity index is 2.27. The molecule has 27 heavy (non-hydrogen) atoms. The zero-order valence-corrected chi connectivity index (χ0v) is 16.4. The van der Waals surface area contributed by atoms with Crippen molar-refractivity contribution >= 4 is 44.2 Å². The first-order valence-electron chi connectivity index (χ1n) is 8.20. The fourth-order valence-corrected chi connectivity index (χ4v) is 4.13. The van der Waals surface area contributed by atoms with Gasteiger partial charge in [0, 0.05) is 5.02 Å². The normalized spacial score (nSPS) is 12.5. The molecule has 0 aliphatic rings. The number of rotatable bonds is 4. The quantitative estimate of drug-likeness (QED) is 0.674. The van der Waals surface area contributed by atoms with Gasteiger partial charge in [-0.1, -0.05) is 35.7 Å². The molecular formula is C20H18ClN3O2S. The molecule has 0 amide bonds. The molecule has 7 heteroatoms. The van der Waals surface area contributed by atoms with E-state index in [1.807, 2.05) is 18.2 Å². The summed E-state index contributed by atoms with van der Waals surface area (Å²) in [6.45, 7) is 3.19. The molecule has 3 aromatic rings. The van der Waals surface area contributed by atoms with Gasteiger partial charge in [0.1, 0.15) is 0 Å². The molecule has 0 saturated heterocycles. The van der Waals surface area contributed by atoms with Gasteiger partial charge in [0.05, 0.1) is 16.3 Å². The second kappa shape index (κ2) is 7.10. The van der Waals surface area contributed by atoms with E-state index in [-0.39, 0.29) is 5.95 Å². The molecule has 138 valence electrons. The van der Waals surface area contributed by atoms with Gasteiger partial charge in [0.25, 0.3) is 0 Å². The van der Waals surface area contributed by atoms with Gasteiger partial charge < -0.3 is 5.73 Å². The van der Waals surface area contributed by atoms with Crippen LogP contribution >= 0.6 is 11.6 Å². The lowest BCUT2D eigenvalue weighted by molar-refractivity contribution is 0.580. The van der Waals surface area contributed by atoms with Crippen molar-refractivity contribution in [3.05, 3.63) is 64.7 Å². The zero-order chi connectivity index (χ0) is 19.8. The summed E-state index contributed by atoms with van der Waals surface area (Å²) in [7, 11) is -3.67. The fraction of sp³-hybridized carbons (Fsp3) is 0.150. The number of aromatic nitrogens is 2. The summed E-state index contributed by atoms with van der Waals surface area (Å²) >= 11 is 6.11. The highest BCUT2D eigenvalue weighted by Crippen LogP contribution is 2.30. The molecule has 2 aromatic carbocycles. The summed E-state index contributed by atoms with van der Waals surface area (Å²) in [5.74, 6) is 2.46. The van der Waals surface area contributed by atoms with E-state index in [4.69, 9.17) is 23.8 Å². The minimum Gasteiger partial charge on any atom is -0.368 e. The number of anilines is 1. The number of nitrogens with zero attached hydrogens (tertiary/aromatic N) is 2. The molecule has 0 fully saturated rings. The van der Waals surface area contributed by atoms with Gasteiger partial charge in [-0.15, -0.1) is 6.42 Å². The Morgan fingerprint density at radius 1 is 1.26 bits per heavy atom. The molecule has 3 rings (SSSR count). The van der Waals surface area contributed by atoms with Crippen molar-refractivity contribution in [1.82, 2.24) is 8.96 Å². The summed E-state index contributed by atoms with van der Waals surface area (Å²) in [4.78, 5) is 4.18. The largest absolute Gasteiger partial charge is 0.368 e. The maximum Gasteiger partial charge on any atom is 0.244 e. The Morgan fingerprint density at radius 3 is 2.59 bits per heavy atom. The van der Waals surface area contributed by atoms with Gasteiger partial charge in [0.2, 0.25) is 16.0 Å². The molecule has 5 nitrogen and oxygen atoms in total. The number of allylic oxidation sites excluding steroid dienone is 1. The van der Waals surface area contributed by atoms with Crippen LogP contribution in [0.1, 0.15) is 25.0 Å². The second-order valence-corrected chi connectivity index (χ2v) is 9.04. The molecule has 0 spiro atoms. The van der Waals surface area contributed by atoms with Crippen LogP contribution in [-0.2, 0) is 10.0 Å². The Hall–Kier alpha value is -2.75. The molecule has 0 bridgehead atoms. The molecule has 1 heterocycles. The number of imidazole rings is 1. The number of nitrogens with two attached hydrogens (primary N) is 1. The predicted molar refractivity (Wildman–Crippen MR) is 111 cm³/mol. The number of fused-ring (bicyclic) bond motifs is 1. The fourth-order valence-electron chi connectivity index (χ4n) is 2.79. The first kappa shape index (κ1) is 19.0. The van der Waals surface area contributed by atoms with Gasteiger partial charge in [-0.3, -0.25) is 0 Å². The molecular weight excluding hydrogens is 382 g/mol. The Bertz CT molecular complexity index is 1200. The Morgan fingerprint density at radius 2 is 1.96 bits per heavy atom. The van der Waals surface area contributed by atoms with Gasteiger partial charge in [-0.25, -0.2) is 17.4 Å². The average Bonchev–Trinajstić information content (AvgIpc) is 2.95. The van der Waals surface area contributed by atoms with Gasteiger partial charge in [-0.05, 0) is 60.9 Å². The second-order valence-electron chi connectivity index (χ2n) is 6.27. The number of terminal acetylenes is 1. The molecule has 2 N–H and O–H groups in total. The van der Waals surface area contributed by atoms with Crippen molar-refractivity contribution in [3.63, 3.8) is 0 Å². The van der Waals surface area contributed by atoms with Crippen molar-refractivity contribution in [1.29, 1.82) is 0 Å². The number of benzene rings is 2. The van der Waals surface area contributed by atoms with E-state index < -0.39 is 15.3 Å². The van der Waals surface area contributed by atoms with Gasteiger partial charge >= 0.3 is 0 Å². The Kier molecular flexibility index (Phi) is 5.01. The molecule has 0 aliphatic heterocycles. The lowest BCUT2D eigenvalue weighted by atomic mass is 9.97. The van der Waals surface area contributed by atoms with E-state index in [0.717, 1.165) is 20.7 Å². The van der Waals surface area contributed by atoms with E-state index in [2.05, 4.69) is 10.9 Å². The molecule has 0 atom stereocenters. The van der Waals surface area contributed by atoms with Crippen LogP contribution in [0.4, 0.5) is 5.95 Å². The summed E-state index contributed by atoms with van der Waals surface area (Å²) in [5.41, 5.74) is 9.11. The molecule has 0 saturated carbocycles. The van der Waals surface area contributed by atoms with E-state index in [1.54, 1.807) is 44.2 Å². The van der Waals surface area contributed by atoms with Crippen molar-refractivity contribution < 1.29 is 8.42 Å². The third-order valence-electron chi connectivity index (χ3n) is 4.16. The van der Waals surface area contributed by atoms with Crippen molar-refractivity contribution in [3.8, 4) is 12.3 Å². The van der Waals surface area contributed by atoms with E-state index in [9.17, 15) is 8.42 Å². The molecule has 0 aliphatic carbocycles. The van der Waals surface area contributed by atoms with Crippen LogP contribution in [0.5, 0.6) is 0 Å². The van der Waals surface area contributed by atoms with Crippen molar-refractivity contribution in [2.45, 2.75) is 19.1 Å². The summed E-state index contributed by atoms with van der Waals surface area (Å²) in [6.07, 6.45) is 7.12. The minimum absolute atomic E-state index is 0.0684. The number of hydrogen-bond acceptors (Lipinski definition) is 4. The minimum atomic E-state index is -3.67. The van der Waals surface area contributed by atoms with E-state index >= 15 is 0 Å². The number of halogens is 1. The molecule has 1 aromatic heterocycles. The van der Waals surface area contributed by atoms with E-state index in [0.29, 0.717) is 16.1 Å². The zero-order valence-electron chi connectivity index (χ0n) is 14.8. The monoisotopic (exact) mass is 399 g/mol. The third-order valence-corrected chi connectivity index (χ3v) is 6.48. The maximum atomic E-state index is 12.7. The van der Waals surface area contributed by atoms with Crippen LogP contribution in [0.2, 0.25) is 5.02 Å². The average molecular weight is 400 g/mol. The molecule has 0 unspecified atom stereocenters. The van der Waals surface area contributed by atoms with E-state index in [1.165, 1.54) is 0 Å². The Labute approximate surface area is 163 Å². The number of nitrogen functional groups attached to an aromatic ring is 1. The lowest BCUT2D eigenvalue weighted by Crippen LogP contribution is -2.23. The summed E-state index contributed by atoms with van der Waals surface area (Å²) in [6, 6.07) is 12.6. The SMILES string of the molecule is C#C/C=C(\c1cccc(Cl)c1)c1ccc2nc(N)n(S(=O)(=O)C(C)C)c2c1. The standard InChI is InChI=1S/C20H18ClN3O2S/c1-4-6-17(14-7-5-8-16(21)11-14)15-9-10-18-19(12-15)24(20(22)23-18)27(25,26)13(2)3/h1,5-13H,2-3H3,(H2,22,23)/b17-6+. The van der Waals surface area contributed by atoms with Gasteiger partial charge in [0.15, 0.2) is 0 Å². The number of hydrogen-bond donors (Lipinski definition) is 1.